The number of fused-ring (bicyclic) bond motifs is 9. The minimum Gasteiger partial charge on any atom is -0.358 e. The second-order valence-corrected chi connectivity index (χ2v) is 12.4. The van der Waals surface area contributed by atoms with Crippen LogP contribution in [0.25, 0.3) is 10.9 Å². The van der Waals surface area contributed by atoms with E-state index in [0.717, 1.165) is 23.7 Å². The molecule has 0 spiro atoms. The van der Waals surface area contributed by atoms with E-state index in [4.69, 9.17) is 0 Å². The predicted molar refractivity (Wildman–Crippen MR) is 127 cm³/mol. The largest absolute Gasteiger partial charge is 0.358 e. The summed E-state index contributed by atoms with van der Waals surface area (Å²) in [7, 11) is 0. The first kappa shape index (κ1) is 19.2. The zero-order chi connectivity index (χ0) is 20.9. The van der Waals surface area contributed by atoms with Crippen molar-refractivity contribution in [1.29, 1.82) is 0 Å². The van der Waals surface area contributed by atoms with E-state index in [9.17, 15) is 0 Å². The van der Waals surface area contributed by atoms with Crippen LogP contribution in [0.3, 0.4) is 0 Å². The van der Waals surface area contributed by atoms with Gasteiger partial charge in [-0.05, 0) is 105 Å². The number of hydrogen-bond donors (Lipinski definition) is 1. The summed E-state index contributed by atoms with van der Waals surface area (Å²) in [6.45, 7) is 12.6. The molecule has 4 aliphatic rings. The molecule has 1 aromatic heterocycles. The van der Waals surface area contributed by atoms with Gasteiger partial charge in [0, 0.05) is 22.0 Å². The SMILES string of the molecule is CC(C)=C[C@@H]1C[C@H]2CC[C@@]3(C)[C@@H](CC[C@H]4Cc5c([nH]c6ccccc56)[C@@]43C)[C@]2(C)C1. The fourth-order valence-corrected chi connectivity index (χ4v) is 9.59. The predicted octanol–water partition coefficient (Wildman–Crippen LogP) is 7.81. The van der Waals surface area contributed by atoms with Crippen LogP contribution < -0.4 is 0 Å². The zero-order valence-corrected chi connectivity index (χ0v) is 19.6. The molecular formula is C29H39N. The molecule has 1 heterocycles. The smallest absolute Gasteiger partial charge is 0.0459 e. The summed E-state index contributed by atoms with van der Waals surface area (Å²) in [6, 6.07) is 9.05. The molecule has 2 aromatic rings. The summed E-state index contributed by atoms with van der Waals surface area (Å²) in [6.07, 6.45) is 12.5. The highest BCUT2D eigenvalue weighted by Gasteiger charge is 2.67. The Kier molecular flexibility index (Phi) is 3.87. The lowest BCUT2D eigenvalue weighted by molar-refractivity contribution is -0.129. The van der Waals surface area contributed by atoms with Gasteiger partial charge in [-0.15, -0.1) is 0 Å². The fourth-order valence-electron chi connectivity index (χ4n) is 9.59. The third-order valence-electron chi connectivity index (χ3n) is 11.0. The molecule has 0 amide bonds. The number of aromatic nitrogens is 1. The molecule has 3 fully saturated rings. The Morgan fingerprint density at radius 2 is 1.83 bits per heavy atom. The van der Waals surface area contributed by atoms with Crippen LogP contribution in [0.1, 0.15) is 84.4 Å². The van der Waals surface area contributed by atoms with Crippen LogP contribution in [0.2, 0.25) is 0 Å². The summed E-state index contributed by atoms with van der Waals surface area (Å²) in [5, 5.41) is 1.49. The Labute approximate surface area is 182 Å². The van der Waals surface area contributed by atoms with Crippen LogP contribution in [0, 0.1) is 34.5 Å². The Morgan fingerprint density at radius 3 is 2.63 bits per heavy atom. The van der Waals surface area contributed by atoms with Gasteiger partial charge in [0.1, 0.15) is 0 Å². The van der Waals surface area contributed by atoms with E-state index in [0.29, 0.717) is 16.2 Å². The molecule has 0 radical (unpaired) electrons. The first-order valence-corrected chi connectivity index (χ1v) is 12.5. The van der Waals surface area contributed by atoms with Gasteiger partial charge < -0.3 is 4.98 Å². The van der Waals surface area contributed by atoms with Crippen LogP contribution in [0.15, 0.2) is 35.9 Å². The Balaban J connectivity index is 1.46. The fraction of sp³-hybridized carbons (Fsp3) is 0.655. The number of nitrogens with one attached hydrogen (secondary N) is 1. The molecule has 6 rings (SSSR count). The highest BCUT2D eigenvalue weighted by Crippen LogP contribution is 2.73. The number of para-hydroxylation sites is 1. The maximum Gasteiger partial charge on any atom is 0.0459 e. The monoisotopic (exact) mass is 401 g/mol. The number of allylic oxidation sites excluding steroid dienone is 2. The molecule has 0 unspecified atom stereocenters. The lowest BCUT2D eigenvalue weighted by Gasteiger charge is -2.64. The quantitative estimate of drug-likeness (QED) is 0.469. The van der Waals surface area contributed by atoms with Gasteiger partial charge >= 0.3 is 0 Å². The standard InChI is InChI=1S/C29H39N/c1-18(2)14-19-15-20-12-13-28(4)25(27(20,3)17-19)11-10-21-16-23-22-8-6-7-9-24(22)30-26(23)29(21,28)5/h6-9,14,19-21,25,30H,10-13,15-17H2,1-5H3/t19-,20-,21+,25+,27-,28+,29-/m1/s1. The van der Waals surface area contributed by atoms with E-state index < -0.39 is 0 Å². The van der Waals surface area contributed by atoms with Gasteiger partial charge in [-0.2, -0.15) is 0 Å². The topological polar surface area (TPSA) is 15.8 Å². The van der Waals surface area contributed by atoms with E-state index in [-0.39, 0.29) is 0 Å². The number of benzene rings is 1. The molecule has 0 aliphatic heterocycles. The number of aromatic amines is 1. The molecule has 30 heavy (non-hydrogen) atoms. The minimum absolute atomic E-state index is 0.298. The molecule has 1 N–H and O–H groups in total. The number of H-pyrrole nitrogens is 1. The summed E-state index contributed by atoms with van der Waals surface area (Å²) >= 11 is 0. The Hall–Kier alpha value is -1.50. The van der Waals surface area contributed by atoms with Crippen molar-refractivity contribution in [2.75, 3.05) is 0 Å². The highest BCUT2D eigenvalue weighted by molar-refractivity contribution is 5.86. The van der Waals surface area contributed by atoms with Crippen molar-refractivity contribution < 1.29 is 0 Å². The summed E-state index contributed by atoms with van der Waals surface area (Å²) in [5.74, 6) is 3.42. The van der Waals surface area contributed by atoms with Crippen LogP contribution in [-0.2, 0) is 11.8 Å². The van der Waals surface area contributed by atoms with E-state index in [1.165, 1.54) is 61.4 Å². The molecular weight excluding hydrogens is 362 g/mol. The minimum atomic E-state index is 0.298. The molecule has 0 bridgehead atoms. The zero-order valence-electron chi connectivity index (χ0n) is 19.6. The number of rotatable bonds is 1. The van der Waals surface area contributed by atoms with Gasteiger partial charge in [-0.25, -0.2) is 0 Å². The van der Waals surface area contributed by atoms with Crippen LogP contribution in [0.5, 0.6) is 0 Å². The van der Waals surface area contributed by atoms with Gasteiger partial charge in [0.2, 0.25) is 0 Å². The molecule has 7 atom stereocenters. The van der Waals surface area contributed by atoms with E-state index in [1.807, 2.05) is 0 Å². The first-order chi connectivity index (χ1) is 14.3. The molecule has 0 saturated heterocycles. The summed E-state index contributed by atoms with van der Waals surface area (Å²) < 4.78 is 0. The molecule has 1 aromatic carbocycles. The van der Waals surface area contributed by atoms with Gasteiger partial charge in [0.25, 0.3) is 0 Å². The Morgan fingerprint density at radius 1 is 1.03 bits per heavy atom. The molecule has 4 aliphatic carbocycles. The van der Waals surface area contributed by atoms with Crippen molar-refractivity contribution in [2.45, 2.75) is 85.0 Å². The van der Waals surface area contributed by atoms with Gasteiger partial charge in [-0.3, -0.25) is 0 Å². The third-order valence-corrected chi connectivity index (χ3v) is 11.0. The van der Waals surface area contributed by atoms with E-state index in [2.05, 4.69) is 69.9 Å². The average molecular weight is 402 g/mol. The highest BCUT2D eigenvalue weighted by atomic mass is 14.8. The third kappa shape index (κ3) is 2.20. The maximum atomic E-state index is 3.97. The molecule has 1 heteroatoms. The van der Waals surface area contributed by atoms with Crippen molar-refractivity contribution >= 4 is 10.9 Å². The van der Waals surface area contributed by atoms with Crippen LogP contribution >= 0.6 is 0 Å². The van der Waals surface area contributed by atoms with Crippen molar-refractivity contribution in [3.05, 3.63) is 47.2 Å². The van der Waals surface area contributed by atoms with Crippen LogP contribution in [0.4, 0.5) is 0 Å². The van der Waals surface area contributed by atoms with Crippen molar-refractivity contribution in [3.63, 3.8) is 0 Å². The first-order valence-electron chi connectivity index (χ1n) is 12.5. The molecule has 160 valence electrons. The van der Waals surface area contributed by atoms with Gasteiger partial charge in [0.15, 0.2) is 0 Å². The molecule has 1 nitrogen and oxygen atoms in total. The summed E-state index contributed by atoms with van der Waals surface area (Å²) in [5.41, 5.74) is 7.37. The lowest BCUT2D eigenvalue weighted by Crippen LogP contribution is -2.60. The second-order valence-electron chi connectivity index (χ2n) is 12.4. The van der Waals surface area contributed by atoms with E-state index in [1.54, 1.807) is 11.3 Å². The summed E-state index contributed by atoms with van der Waals surface area (Å²) in [4.78, 5) is 3.97. The van der Waals surface area contributed by atoms with Crippen molar-refractivity contribution in [3.8, 4) is 0 Å². The van der Waals surface area contributed by atoms with E-state index >= 15 is 0 Å². The Bertz CT molecular complexity index is 1040. The normalized spacial score (nSPS) is 44.3. The lowest BCUT2D eigenvalue weighted by atomic mass is 9.40. The van der Waals surface area contributed by atoms with Gasteiger partial charge in [-0.1, -0.05) is 50.6 Å². The van der Waals surface area contributed by atoms with Crippen molar-refractivity contribution in [2.24, 2.45) is 34.5 Å². The average Bonchev–Trinajstić information content (AvgIpc) is 3.30. The maximum absolute atomic E-state index is 3.97. The van der Waals surface area contributed by atoms with Crippen molar-refractivity contribution in [1.82, 2.24) is 4.98 Å². The van der Waals surface area contributed by atoms with Gasteiger partial charge in [0.05, 0.1) is 0 Å². The molecule has 3 saturated carbocycles. The van der Waals surface area contributed by atoms with Crippen LogP contribution in [-0.4, -0.2) is 4.98 Å². The second kappa shape index (κ2) is 6.05. The number of hydrogen-bond acceptors (Lipinski definition) is 0.